The quantitative estimate of drug-likeness (QED) is 0.841. The van der Waals surface area contributed by atoms with Crippen LogP contribution in [-0.4, -0.2) is 13.4 Å². The Hall–Kier alpha value is -2.22. The lowest BCUT2D eigenvalue weighted by molar-refractivity contribution is 0.597. The molecular weight excluding hydrogens is 276 g/mol. The van der Waals surface area contributed by atoms with E-state index in [1.807, 2.05) is 4.72 Å². The Balaban J connectivity index is 2.41. The zero-order valence-electron chi connectivity index (χ0n) is 9.47. The van der Waals surface area contributed by atoms with Gasteiger partial charge in [-0.3, -0.25) is 9.71 Å². The fourth-order valence-electron chi connectivity index (χ4n) is 1.42. The Labute approximate surface area is 108 Å². The first-order chi connectivity index (χ1) is 8.90. The average Bonchev–Trinajstić information content (AvgIpc) is 2.31. The van der Waals surface area contributed by atoms with Gasteiger partial charge >= 0.3 is 0 Å². The number of sulfonamides is 1. The van der Waals surface area contributed by atoms with Crippen molar-refractivity contribution in [2.45, 2.75) is 4.90 Å². The average molecular weight is 285 g/mol. The normalized spacial score (nSPS) is 11.3. The van der Waals surface area contributed by atoms with E-state index in [-0.39, 0.29) is 16.3 Å². The first kappa shape index (κ1) is 13.2. The molecule has 0 fully saturated rings. The lowest BCUT2D eigenvalue weighted by Gasteiger charge is -2.10. The van der Waals surface area contributed by atoms with Crippen LogP contribution in [0.3, 0.4) is 0 Å². The van der Waals surface area contributed by atoms with Crippen LogP contribution in [0.1, 0.15) is 0 Å². The maximum absolute atomic E-state index is 13.3. The van der Waals surface area contributed by atoms with E-state index < -0.39 is 21.7 Å². The molecule has 1 aromatic carbocycles. The number of halogens is 2. The smallest absolute Gasteiger partial charge is 0.264 e. The molecule has 0 unspecified atom stereocenters. The second-order valence-electron chi connectivity index (χ2n) is 3.64. The number of nitrogens with two attached hydrogens (primary N) is 1. The van der Waals surface area contributed by atoms with Gasteiger partial charge in [0.15, 0.2) is 5.82 Å². The van der Waals surface area contributed by atoms with Crippen LogP contribution in [0.4, 0.5) is 20.2 Å². The van der Waals surface area contributed by atoms with Crippen LogP contribution in [0.2, 0.25) is 0 Å². The minimum Gasteiger partial charge on any atom is -0.398 e. The topological polar surface area (TPSA) is 85.1 Å². The van der Waals surface area contributed by atoms with Gasteiger partial charge in [-0.2, -0.15) is 0 Å². The summed E-state index contributed by atoms with van der Waals surface area (Å²) in [6.45, 7) is 0. The number of anilines is 2. The lowest BCUT2D eigenvalue weighted by atomic mass is 10.3. The standard InChI is InChI=1S/C11H9F2N3O2S/c12-7-1-2-11(9(14)5-7)19(17,18)16-10-3-4-15-6-8(10)13/h1-6H,14H2,(H,15,16). The van der Waals surface area contributed by atoms with Crippen LogP contribution in [0.5, 0.6) is 0 Å². The van der Waals surface area contributed by atoms with Crippen LogP contribution in [0.15, 0.2) is 41.6 Å². The van der Waals surface area contributed by atoms with E-state index in [4.69, 9.17) is 5.73 Å². The molecule has 0 atom stereocenters. The maximum atomic E-state index is 13.3. The number of nitrogen functional groups attached to an aromatic ring is 1. The van der Waals surface area contributed by atoms with E-state index in [1.54, 1.807) is 0 Å². The molecule has 0 aliphatic carbocycles. The van der Waals surface area contributed by atoms with Crippen molar-refractivity contribution >= 4 is 21.4 Å². The number of aromatic nitrogens is 1. The van der Waals surface area contributed by atoms with Crippen LogP contribution >= 0.6 is 0 Å². The molecule has 0 spiro atoms. The fraction of sp³-hybridized carbons (Fsp3) is 0. The summed E-state index contributed by atoms with van der Waals surface area (Å²) < 4.78 is 52.2. The SMILES string of the molecule is Nc1cc(F)ccc1S(=O)(=O)Nc1ccncc1F. The van der Waals surface area contributed by atoms with E-state index in [9.17, 15) is 17.2 Å². The van der Waals surface area contributed by atoms with E-state index in [1.165, 1.54) is 6.20 Å². The highest BCUT2D eigenvalue weighted by molar-refractivity contribution is 7.92. The molecule has 0 aliphatic rings. The zero-order valence-corrected chi connectivity index (χ0v) is 10.3. The molecule has 0 radical (unpaired) electrons. The Morgan fingerprint density at radius 2 is 1.95 bits per heavy atom. The number of nitrogens with zero attached hydrogens (tertiary/aromatic N) is 1. The molecule has 0 saturated heterocycles. The summed E-state index contributed by atoms with van der Waals surface area (Å²) in [6.07, 6.45) is 2.10. The molecule has 1 aromatic heterocycles. The Morgan fingerprint density at radius 1 is 1.21 bits per heavy atom. The third-order valence-electron chi connectivity index (χ3n) is 2.28. The molecule has 0 saturated carbocycles. The summed E-state index contributed by atoms with van der Waals surface area (Å²) in [7, 11) is -4.09. The maximum Gasteiger partial charge on any atom is 0.264 e. The van der Waals surface area contributed by atoms with Crippen molar-refractivity contribution in [3.8, 4) is 0 Å². The minimum atomic E-state index is -4.09. The molecule has 2 aromatic rings. The van der Waals surface area contributed by atoms with Crippen molar-refractivity contribution < 1.29 is 17.2 Å². The molecule has 2 rings (SSSR count). The Bertz CT molecular complexity index is 720. The lowest BCUT2D eigenvalue weighted by Crippen LogP contribution is -2.15. The summed E-state index contributed by atoms with van der Waals surface area (Å²) in [5.74, 6) is -1.49. The molecule has 1 heterocycles. The van der Waals surface area contributed by atoms with Gasteiger partial charge in [-0.1, -0.05) is 0 Å². The summed E-state index contributed by atoms with van der Waals surface area (Å²) in [5.41, 5.74) is 4.91. The van der Waals surface area contributed by atoms with Crippen molar-refractivity contribution in [1.29, 1.82) is 0 Å². The second kappa shape index (κ2) is 4.81. The summed E-state index contributed by atoms with van der Waals surface area (Å²) >= 11 is 0. The second-order valence-corrected chi connectivity index (χ2v) is 5.29. The molecule has 100 valence electrons. The molecule has 0 aliphatic heterocycles. The number of rotatable bonds is 3. The predicted molar refractivity (Wildman–Crippen MR) is 65.8 cm³/mol. The van der Waals surface area contributed by atoms with E-state index in [2.05, 4.69) is 4.98 Å². The first-order valence-electron chi connectivity index (χ1n) is 5.07. The highest BCUT2D eigenvalue weighted by Gasteiger charge is 2.19. The van der Waals surface area contributed by atoms with Crippen molar-refractivity contribution in [1.82, 2.24) is 4.98 Å². The molecule has 5 nitrogen and oxygen atoms in total. The zero-order chi connectivity index (χ0) is 14.0. The van der Waals surface area contributed by atoms with Gasteiger partial charge < -0.3 is 5.73 Å². The van der Waals surface area contributed by atoms with E-state index in [0.717, 1.165) is 30.5 Å². The number of benzene rings is 1. The fourth-order valence-corrected chi connectivity index (χ4v) is 2.60. The van der Waals surface area contributed by atoms with Crippen LogP contribution in [0.25, 0.3) is 0 Å². The van der Waals surface area contributed by atoms with Gasteiger partial charge in [0.1, 0.15) is 10.7 Å². The van der Waals surface area contributed by atoms with Gasteiger partial charge in [0.05, 0.1) is 17.6 Å². The molecule has 3 N–H and O–H groups in total. The van der Waals surface area contributed by atoms with Crippen molar-refractivity contribution in [2.24, 2.45) is 0 Å². The van der Waals surface area contributed by atoms with Crippen molar-refractivity contribution in [3.63, 3.8) is 0 Å². The van der Waals surface area contributed by atoms with E-state index in [0.29, 0.717) is 0 Å². The number of hydrogen-bond donors (Lipinski definition) is 2. The van der Waals surface area contributed by atoms with Gasteiger partial charge in [-0.05, 0) is 24.3 Å². The molecule has 0 bridgehead atoms. The number of nitrogens with one attached hydrogen (secondary N) is 1. The number of pyridine rings is 1. The van der Waals surface area contributed by atoms with Crippen LogP contribution in [0, 0.1) is 11.6 Å². The molecular formula is C11H9F2N3O2S. The van der Waals surface area contributed by atoms with Gasteiger partial charge in [-0.15, -0.1) is 0 Å². The summed E-state index contributed by atoms with van der Waals surface area (Å²) in [5, 5.41) is 0. The monoisotopic (exact) mass is 285 g/mol. The van der Waals surface area contributed by atoms with Crippen LogP contribution < -0.4 is 10.5 Å². The predicted octanol–water partition coefficient (Wildman–Crippen LogP) is 1.74. The summed E-state index contributed by atoms with van der Waals surface area (Å²) in [4.78, 5) is 3.16. The molecule has 8 heteroatoms. The third-order valence-corrected chi connectivity index (χ3v) is 3.72. The Morgan fingerprint density at radius 3 is 2.58 bits per heavy atom. The van der Waals surface area contributed by atoms with Gasteiger partial charge in [0.2, 0.25) is 0 Å². The minimum absolute atomic E-state index is 0.262. The number of hydrogen-bond acceptors (Lipinski definition) is 4. The van der Waals surface area contributed by atoms with Gasteiger partial charge in [0, 0.05) is 6.20 Å². The van der Waals surface area contributed by atoms with Crippen LogP contribution in [-0.2, 0) is 10.0 Å². The first-order valence-corrected chi connectivity index (χ1v) is 6.56. The Kier molecular flexibility index (Phi) is 3.34. The highest BCUT2D eigenvalue weighted by Crippen LogP contribution is 2.23. The molecule has 0 amide bonds. The third kappa shape index (κ3) is 2.79. The van der Waals surface area contributed by atoms with E-state index >= 15 is 0 Å². The van der Waals surface area contributed by atoms with Gasteiger partial charge in [-0.25, -0.2) is 17.2 Å². The molecule has 19 heavy (non-hydrogen) atoms. The van der Waals surface area contributed by atoms with Gasteiger partial charge in [0.25, 0.3) is 10.0 Å². The van der Waals surface area contributed by atoms with Crippen molar-refractivity contribution in [3.05, 3.63) is 48.3 Å². The largest absolute Gasteiger partial charge is 0.398 e. The highest BCUT2D eigenvalue weighted by atomic mass is 32.2. The summed E-state index contributed by atoms with van der Waals surface area (Å²) in [6, 6.07) is 3.99. The van der Waals surface area contributed by atoms with Crippen molar-refractivity contribution in [2.75, 3.05) is 10.5 Å².